The highest BCUT2D eigenvalue weighted by atomic mass is 16.5. The van der Waals surface area contributed by atoms with E-state index in [-0.39, 0.29) is 0 Å². The lowest BCUT2D eigenvalue weighted by Gasteiger charge is -2.16. The summed E-state index contributed by atoms with van der Waals surface area (Å²) in [5, 5.41) is 5.66. The van der Waals surface area contributed by atoms with Gasteiger partial charge in [-0.15, -0.1) is 0 Å². The third kappa shape index (κ3) is 3.34. The molecule has 0 atom stereocenters. The molecule has 0 bridgehead atoms. The van der Waals surface area contributed by atoms with Gasteiger partial charge in [0.1, 0.15) is 5.75 Å². The van der Waals surface area contributed by atoms with Crippen molar-refractivity contribution >= 4 is 27.5 Å². The van der Waals surface area contributed by atoms with Crippen LogP contribution < -0.4 is 10.1 Å². The smallest absolute Gasteiger partial charge is 0.124 e. The highest BCUT2D eigenvalue weighted by Gasteiger charge is 2.12. The highest BCUT2D eigenvalue weighted by molar-refractivity contribution is 6.07. The van der Waals surface area contributed by atoms with Crippen molar-refractivity contribution in [2.24, 2.45) is 0 Å². The molecule has 1 aliphatic rings. The van der Waals surface area contributed by atoms with E-state index in [1.807, 2.05) is 13.1 Å². The lowest BCUT2D eigenvalue weighted by molar-refractivity contribution is 0.262. The van der Waals surface area contributed by atoms with Crippen LogP contribution in [-0.2, 0) is 0 Å². The van der Waals surface area contributed by atoms with Crippen molar-refractivity contribution in [2.45, 2.75) is 26.2 Å². The topological polar surface area (TPSA) is 37.4 Å². The zero-order chi connectivity index (χ0) is 17.9. The highest BCUT2D eigenvalue weighted by Crippen LogP contribution is 2.34. The first-order valence-electron chi connectivity index (χ1n) is 9.62. The van der Waals surface area contributed by atoms with Crippen molar-refractivity contribution in [3.63, 3.8) is 0 Å². The summed E-state index contributed by atoms with van der Waals surface area (Å²) < 4.78 is 6.10. The van der Waals surface area contributed by atoms with Crippen molar-refractivity contribution in [3.05, 3.63) is 42.0 Å². The van der Waals surface area contributed by atoms with Crippen molar-refractivity contribution in [1.82, 2.24) is 9.88 Å². The molecule has 136 valence electrons. The number of aryl methyl sites for hydroxylation is 1. The number of hydrogen-bond acceptors (Lipinski definition) is 4. The fourth-order valence-corrected chi connectivity index (χ4v) is 3.93. The van der Waals surface area contributed by atoms with E-state index >= 15 is 0 Å². The van der Waals surface area contributed by atoms with Crippen LogP contribution in [0, 0.1) is 6.92 Å². The fourth-order valence-electron chi connectivity index (χ4n) is 3.93. The molecular weight excluding hydrogens is 322 g/mol. The van der Waals surface area contributed by atoms with Crippen LogP contribution in [0.25, 0.3) is 21.8 Å². The van der Waals surface area contributed by atoms with E-state index in [0.29, 0.717) is 0 Å². The molecule has 1 aliphatic heterocycles. The van der Waals surface area contributed by atoms with Crippen LogP contribution in [0.3, 0.4) is 0 Å². The Bertz CT molecular complexity index is 916. The zero-order valence-electron chi connectivity index (χ0n) is 15.7. The average Bonchev–Trinajstić information content (AvgIpc) is 3.17. The minimum absolute atomic E-state index is 0.759. The van der Waals surface area contributed by atoms with E-state index in [4.69, 9.17) is 9.72 Å². The second kappa shape index (κ2) is 7.50. The fraction of sp³-hybridized carbons (Fsp3) is 0.409. The molecule has 4 nitrogen and oxygen atoms in total. The average molecular weight is 349 g/mol. The van der Waals surface area contributed by atoms with Crippen LogP contribution in [0.2, 0.25) is 0 Å². The maximum absolute atomic E-state index is 6.10. The van der Waals surface area contributed by atoms with E-state index in [2.05, 4.69) is 47.5 Å². The van der Waals surface area contributed by atoms with Crippen LogP contribution in [-0.4, -0.2) is 43.2 Å². The summed E-state index contributed by atoms with van der Waals surface area (Å²) in [7, 11) is 1.97. The number of likely N-dealkylation sites (tertiary alicyclic amines) is 1. The first-order valence-corrected chi connectivity index (χ1v) is 9.62. The van der Waals surface area contributed by atoms with Gasteiger partial charge in [-0.25, -0.2) is 4.98 Å². The maximum atomic E-state index is 6.10. The minimum Gasteiger partial charge on any atom is -0.493 e. The molecular formula is C22H27N3O. The summed E-state index contributed by atoms with van der Waals surface area (Å²) in [5.74, 6) is 0.948. The normalized spacial score (nSPS) is 15.0. The molecule has 1 saturated heterocycles. The van der Waals surface area contributed by atoms with E-state index in [0.717, 1.165) is 58.4 Å². The first kappa shape index (κ1) is 17.1. The molecule has 3 aromatic rings. The van der Waals surface area contributed by atoms with Crippen LogP contribution in [0.5, 0.6) is 5.75 Å². The number of aromatic nitrogens is 1. The maximum Gasteiger partial charge on any atom is 0.124 e. The van der Waals surface area contributed by atoms with Crippen molar-refractivity contribution in [2.75, 3.05) is 38.6 Å². The Hall–Kier alpha value is -2.33. The number of rotatable bonds is 6. The van der Waals surface area contributed by atoms with E-state index in [1.54, 1.807) is 0 Å². The molecule has 1 N–H and O–H groups in total. The Morgan fingerprint density at radius 2 is 1.88 bits per heavy atom. The van der Waals surface area contributed by atoms with Crippen LogP contribution in [0.4, 0.5) is 5.69 Å². The summed E-state index contributed by atoms with van der Waals surface area (Å²) in [6.45, 7) is 6.51. The van der Waals surface area contributed by atoms with Crippen LogP contribution in [0.1, 0.15) is 24.8 Å². The molecule has 0 amide bonds. The summed E-state index contributed by atoms with van der Waals surface area (Å²) in [6.07, 6.45) is 3.76. The Morgan fingerprint density at radius 1 is 1.08 bits per heavy atom. The summed E-state index contributed by atoms with van der Waals surface area (Å²) in [4.78, 5) is 7.38. The van der Waals surface area contributed by atoms with Gasteiger partial charge in [-0.05, 0) is 57.0 Å². The number of nitrogens with zero attached hydrogens (tertiary/aromatic N) is 2. The second-order valence-corrected chi connectivity index (χ2v) is 7.14. The molecule has 26 heavy (non-hydrogen) atoms. The van der Waals surface area contributed by atoms with Crippen LogP contribution in [0.15, 0.2) is 36.4 Å². The Labute approximate surface area is 155 Å². The molecule has 0 spiro atoms. The van der Waals surface area contributed by atoms with E-state index in [1.165, 1.54) is 25.9 Å². The van der Waals surface area contributed by atoms with Crippen LogP contribution >= 0.6 is 0 Å². The van der Waals surface area contributed by atoms with Gasteiger partial charge in [0.2, 0.25) is 0 Å². The number of fused-ring (bicyclic) bond motifs is 2. The second-order valence-electron chi connectivity index (χ2n) is 7.14. The molecule has 1 aromatic heterocycles. The molecule has 0 unspecified atom stereocenters. The minimum atomic E-state index is 0.759. The molecule has 1 fully saturated rings. The molecule has 0 radical (unpaired) electrons. The zero-order valence-corrected chi connectivity index (χ0v) is 15.7. The molecule has 4 heteroatoms. The third-order valence-electron chi connectivity index (χ3n) is 5.30. The predicted octanol–water partition coefficient (Wildman–Crippen LogP) is 4.60. The standard InChI is InChI=1S/C22H27N3O/c1-16-14-18-20(24-19-9-4-3-8-17(19)22(18)23-2)15-21(16)26-13-7-12-25-10-5-6-11-25/h3-4,8-9,14-15H,5-7,10-13H2,1-2H3,(H,23,24). The Kier molecular flexibility index (Phi) is 4.93. The molecule has 4 rings (SSSR count). The number of benzene rings is 2. The van der Waals surface area contributed by atoms with Gasteiger partial charge in [-0.1, -0.05) is 18.2 Å². The molecule has 0 saturated carbocycles. The number of anilines is 1. The van der Waals surface area contributed by atoms with Gasteiger partial charge in [0, 0.05) is 30.4 Å². The van der Waals surface area contributed by atoms with Gasteiger partial charge in [0.25, 0.3) is 0 Å². The van der Waals surface area contributed by atoms with E-state index < -0.39 is 0 Å². The number of nitrogens with one attached hydrogen (secondary N) is 1. The largest absolute Gasteiger partial charge is 0.493 e. The third-order valence-corrected chi connectivity index (χ3v) is 5.30. The monoisotopic (exact) mass is 349 g/mol. The van der Waals surface area contributed by atoms with Gasteiger partial charge >= 0.3 is 0 Å². The number of hydrogen-bond donors (Lipinski definition) is 1. The molecule has 2 heterocycles. The lowest BCUT2D eigenvalue weighted by Crippen LogP contribution is -2.21. The number of para-hydroxylation sites is 1. The summed E-state index contributed by atoms with van der Waals surface area (Å²) in [6, 6.07) is 12.5. The summed E-state index contributed by atoms with van der Waals surface area (Å²) in [5.41, 5.74) is 4.28. The van der Waals surface area contributed by atoms with Crippen molar-refractivity contribution in [3.8, 4) is 5.75 Å². The number of pyridine rings is 1. The molecule has 0 aliphatic carbocycles. The van der Waals surface area contributed by atoms with Gasteiger partial charge < -0.3 is 15.0 Å². The SMILES string of the molecule is CNc1c2ccccc2nc2cc(OCCCN3CCCC3)c(C)cc12. The van der Waals surface area contributed by atoms with Gasteiger partial charge in [-0.2, -0.15) is 0 Å². The van der Waals surface area contributed by atoms with Gasteiger partial charge in [0.05, 0.1) is 23.3 Å². The lowest BCUT2D eigenvalue weighted by atomic mass is 10.0. The predicted molar refractivity (Wildman–Crippen MR) is 109 cm³/mol. The van der Waals surface area contributed by atoms with Gasteiger partial charge in [0.15, 0.2) is 0 Å². The first-order chi connectivity index (χ1) is 12.8. The summed E-state index contributed by atoms with van der Waals surface area (Å²) >= 11 is 0. The quantitative estimate of drug-likeness (QED) is 0.521. The van der Waals surface area contributed by atoms with E-state index in [9.17, 15) is 0 Å². The number of ether oxygens (including phenoxy) is 1. The molecule has 2 aromatic carbocycles. The van der Waals surface area contributed by atoms with Crippen molar-refractivity contribution < 1.29 is 4.74 Å². The van der Waals surface area contributed by atoms with Crippen molar-refractivity contribution in [1.29, 1.82) is 0 Å². The Morgan fingerprint density at radius 3 is 2.69 bits per heavy atom. The Balaban J connectivity index is 1.58. The van der Waals surface area contributed by atoms with Gasteiger partial charge in [-0.3, -0.25) is 0 Å².